The zero-order chi connectivity index (χ0) is 27.6. The summed E-state index contributed by atoms with van der Waals surface area (Å²) in [6.45, 7) is 13.1. The molecule has 0 heterocycles. The van der Waals surface area contributed by atoms with Crippen LogP contribution in [0.5, 0.6) is 0 Å². The molecule has 8 heteroatoms. The molecular weight excluding hydrogens is 486 g/mol. The molecule has 0 saturated heterocycles. The Morgan fingerprint density at radius 2 is 1.81 bits per heavy atom. The van der Waals surface area contributed by atoms with Crippen molar-refractivity contribution in [3.63, 3.8) is 0 Å². The van der Waals surface area contributed by atoms with E-state index in [4.69, 9.17) is 4.74 Å². The number of benzene rings is 2. The Morgan fingerprint density at radius 1 is 1.11 bits per heavy atom. The van der Waals surface area contributed by atoms with Crippen LogP contribution in [0.2, 0.25) is 0 Å². The lowest BCUT2D eigenvalue weighted by molar-refractivity contribution is -0.140. The molecule has 3 amide bonds. The quantitative estimate of drug-likeness (QED) is 0.371. The number of nitrogens with one attached hydrogen (secondary N) is 2. The molecule has 0 spiro atoms. The second-order valence-electron chi connectivity index (χ2n) is 9.88. The highest BCUT2D eigenvalue weighted by atomic mass is 32.2. The molecule has 0 aliphatic rings. The third-order valence-electron chi connectivity index (χ3n) is 5.53. The van der Waals surface area contributed by atoms with E-state index in [-0.39, 0.29) is 18.4 Å². The Balaban J connectivity index is 2.49. The number of ether oxygens (including phenoxy) is 1. The number of anilines is 1. The topological polar surface area (TPSA) is 87.7 Å². The first-order valence-electron chi connectivity index (χ1n) is 12.3. The van der Waals surface area contributed by atoms with E-state index in [1.165, 1.54) is 4.90 Å². The van der Waals surface area contributed by atoms with Crippen LogP contribution in [-0.2, 0) is 14.3 Å². The van der Waals surface area contributed by atoms with Crippen molar-refractivity contribution in [1.29, 1.82) is 0 Å². The first kappa shape index (κ1) is 30.0. The van der Waals surface area contributed by atoms with Crippen LogP contribution >= 0.6 is 11.8 Å². The van der Waals surface area contributed by atoms with Crippen molar-refractivity contribution in [2.45, 2.75) is 58.7 Å². The highest BCUT2D eigenvalue weighted by Crippen LogP contribution is 2.26. The maximum atomic E-state index is 14.0. The SMILES string of the molecule is C=CCN(C(=O)C(CCSC)NC(=O)OC(C)(C)C)C(C(=O)Nc1ccccc1C)c1cccc(C)c1. The summed E-state index contributed by atoms with van der Waals surface area (Å²) in [7, 11) is 0. The smallest absolute Gasteiger partial charge is 0.408 e. The van der Waals surface area contributed by atoms with Gasteiger partial charge in [0.15, 0.2) is 0 Å². The van der Waals surface area contributed by atoms with Crippen LogP contribution in [-0.4, -0.2) is 53.0 Å². The lowest BCUT2D eigenvalue weighted by atomic mass is 10.00. The predicted octanol–water partition coefficient (Wildman–Crippen LogP) is 5.64. The number of alkyl carbamates (subject to hydrolysis) is 1. The summed E-state index contributed by atoms with van der Waals surface area (Å²) in [4.78, 5) is 41.8. The molecule has 37 heavy (non-hydrogen) atoms. The van der Waals surface area contributed by atoms with Gasteiger partial charge in [-0.05, 0) is 70.2 Å². The number of carbonyl (C=O) groups is 3. The first-order valence-corrected chi connectivity index (χ1v) is 13.7. The van der Waals surface area contributed by atoms with Crippen LogP contribution in [0.15, 0.2) is 61.2 Å². The van der Waals surface area contributed by atoms with E-state index in [1.54, 1.807) is 38.6 Å². The largest absolute Gasteiger partial charge is 0.444 e. The van der Waals surface area contributed by atoms with Crippen LogP contribution in [0.25, 0.3) is 0 Å². The fraction of sp³-hybridized carbons (Fsp3) is 0.414. The summed E-state index contributed by atoms with van der Waals surface area (Å²) in [5.74, 6) is -0.0965. The van der Waals surface area contributed by atoms with E-state index in [0.29, 0.717) is 23.4 Å². The average Bonchev–Trinajstić information content (AvgIpc) is 2.81. The summed E-state index contributed by atoms with van der Waals surface area (Å²) < 4.78 is 5.41. The van der Waals surface area contributed by atoms with E-state index >= 15 is 0 Å². The molecule has 0 aliphatic heterocycles. The monoisotopic (exact) mass is 525 g/mol. The number of amides is 3. The molecule has 2 rings (SSSR count). The molecule has 0 saturated carbocycles. The molecule has 0 aromatic heterocycles. The summed E-state index contributed by atoms with van der Waals surface area (Å²) >= 11 is 1.57. The molecule has 0 radical (unpaired) electrons. The molecule has 7 nitrogen and oxygen atoms in total. The van der Waals surface area contributed by atoms with Crippen LogP contribution < -0.4 is 10.6 Å². The second-order valence-corrected chi connectivity index (χ2v) is 10.9. The van der Waals surface area contributed by atoms with Gasteiger partial charge in [0.25, 0.3) is 5.91 Å². The highest BCUT2D eigenvalue weighted by molar-refractivity contribution is 7.98. The number of carbonyl (C=O) groups excluding carboxylic acids is 3. The Bertz CT molecular complexity index is 1100. The molecule has 2 aromatic carbocycles. The fourth-order valence-electron chi connectivity index (χ4n) is 3.83. The lowest BCUT2D eigenvalue weighted by Gasteiger charge is -2.34. The maximum absolute atomic E-state index is 14.0. The van der Waals surface area contributed by atoms with Gasteiger partial charge in [-0.1, -0.05) is 54.1 Å². The van der Waals surface area contributed by atoms with E-state index in [9.17, 15) is 14.4 Å². The highest BCUT2D eigenvalue weighted by Gasteiger charge is 2.35. The molecule has 2 unspecified atom stereocenters. The molecule has 2 atom stereocenters. The van der Waals surface area contributed by atoms with Gasteiger partial charge in [-0.2, -0.15) is 11.8 Å². The normalized spacial score (nSPS) is 12.7. The van der Waals surface area contributed by atoms with Crippen molar-refractivity contribution in [3.8, 4) is 0 Å². The standard InChI is InChI=1S/C29H39N3O4S/c1-8-17-32(27(34)24(16-18-37-7)31-28(35)36-29(4,5)6)25(22-14-11-12-20(2)19-22)26(33)30-23-15-10-9-13-21(23)3/h8-15,19,24-25H,1,16-18H2,2-7H3,(H,30,33)(H,31,35). The van der Waals surface area contributed by atoms with Crippen LogP contribution in [0.3, 0.4) is 0 Å². The number of aryl methyl sites for hydroxylation is 2. The Kier molecular flexibility index (Phi) is 11.2. The molecule has 2 N–H and O–H groups in total. The number of hydrogen-bond donors (Lipinski definition) is 2. The van der Waals surface area contributed by atoms with E-state index in [0.717, 1.165) is 11.1 Å². The van der Waals surface area contributed by atoms with Gasteiger partial charge in [0.05, 0.1) is 0 Å². The van der Waals surface area contributed by atoms with Gasteiger partial charge in [-0.25, -0.2) is 4.79 Å². The first-order chi connectivity index (χ1) is 17.5. The van der Waals surface area contributed by atoms with Crippen molar-refractivity contribution >= 4 is 35.4 Å². The second kappa shape index (κ2) is 13.9. The zero-order valence-corrected chi connectivity index (χ0v) is 23.5. The van der Waals surface area contributed by atoms with Gasteiger partial charge in [-0.15, -0.1) is 6.58 Å². The third-order valence-corrected chi connectivity index (χ3v) is 6.17. The van der Waals surface area contributed by atoms with Crippen molar-refractivity contribution in [2.24, 2.45) is 0 Å². The van der Waals surface area contributed by atoms with Crippen molar-refractivity contribution < 1.29 is 19.1 Å². The molecule has 2 aromatic rings. The van der Waals surface area contributed by atoms with Gasteiger partial charge in [-0.3, -0.25) is 9.59 Å². The molecule has 0 fully saturated rings. The lowest BCUT2D eigenvalue weighted by Crippen LogP contribution is -2.52. The van der Waals surface area contributed by atoms with E-state index < -0.39 is 23.8 Å². The average molecular weight is 526 g/mol. The summed E-state index contributed by atoms with van der Waals surface area (Å²) in [5, 5.41) is 5.72. The van der Waals surface area contributed by atoms with Crippen molar-refractivity contribution in [3.05, 3.63) is 77.9 Å². The molecule has 0 aliphatic carbocycles. The minimum atomic E-state index is -0.942. The number of nitrogens with zero attached hydrogens (tertiary/aromatic N) is 1. The number of hydrogen-bond acceptors (Lipinski definition) is 5. The number of thioether (sulfide) groups is 1. The summed E-state index contributed by atoms with van der Waals surface area (Å²) in [6.07, 6.45) is 3.22. The molecule has 0 bridgehead atoms. The van der Waals surface area contributed by atoms with E-state index in [1.807, 2.05) is 68.6 Å². The Labute approximate surface area is 225 Å². The minimum absolute atomic E-state index is 0.115. The van der Waals surface area contributed by atoms with Gasteiger partial charge in [0.1, 0.15) is 17.7 Å². The Hall–Kier alpha value is -3.26. The Morgan fingerprint density at radius 3 is 2.41 bits per heavy atom. The maximum Gasteiger partial charge on any atom is 0.408 e. The summed E-state index contributed by atoms with van der Waals surface area (Å²) in [6, 6.07) is 13.2. The van der Waals surface area contributed by atoms with E-state index in [2.05, 4.69) is 17.2 Å². The van der Waals surface area contributed by atoms with Gasteiger partial charge < -0.3 is 20.3 Å². The van der Waals surface area contributed by atoms with Crippen molar-refractivity contribution in [1.82, 2.24) is 10.2 Å². The molecule has 200 valence electrons. The predicted molar refractivity (Wildman–Crippen MR) is 152 cm³/mol. The number of rotatable bonds is 11. The number of para-hydroxylation sites is 1. The summed E-state index contributed by atoms with van der Waals surface area (Å²) in [5.41, 5.74) is 2.49. The third kappa shape index (κ3) is 9.28. The van der Waals surface area contributed by atoms with Gasteiger partial charge >= 0.3 is 6.09 Å². The fourth-order valence-corrected chi connectivity index (χ4v) is 4.30. The zero-order valence-electron chi connectivity index (χ0n) is 22.7. The minimum Gasteiger partial charge on any atom is -0.444 e. The molecular formula is C29H39N3O4S. The van der Waals surface area contributed by atoms with Gasteiger partial charge in [0, 0.05) is 12.2 Å². The van der Waals surface area contributed by atoms with Crippen LogP contribution in [0.1, 0.15) is 49.9 Å². The van der Waals surface area contributed by atoms with Crippen LogP contribution in [0, 0.1) is 13.8 Å². The van der Waals surface area contributed by atoms with Crippen LogP contribution in [0.4, 0.5) is 10.5 Å². The van der Waals surface area contributed by atoms with Gasteiger partial charge in [0.2, 0.25) is 5.91 Å². The van der Waals surface area contributed by atoms with Crippen molar-refractivity contribution in [2.75, 3.05) is 23.9 Å².